The summed E-state index contributed by atoms with van der Waals surface area (Å²) in [4.78, 5) is 70.4. The first-order valence-corrected chi connectivity index (χ1v) is 21.4. The van der Waals surface area contributed by atoms with Gasteiger partial charge in [-0.05, 0) is 90.5 Å². The van der Waals surface area contributed by atoms with Gasteiger partial charge < -0.3 is 50.3 Å². The zero-order valence-electron chi connectivity index (χ0n) is 35.8. The number of nitrogens with one attached hydrogen (secondary N) is 4. The molecule has 64 heavy (non-hydrogen) atoms. The van der Waals surface area contributed by atoms with E-state index in [0.717, 1.165) is 49.2 Å². The lowest BCUT2D eigenvalue weighted by molar-refractivity contribution is -0.145. The second kappa shape index (κ2) is 21.1. The second-order valence-electron chi connectivity index (χ2n) is 16.2. The number of methoxy groups -OCH3 is 1. The van der Waals surface area contributed by atoms with E-state index in [1.165, 1.54) is 30.2 Å². The van der Waals surface area contributed by atoms with Crippen molar-refractivity contribution < 1.29 is 43.6 Å². The number of H-pyrrole nitrogens is 1. The Morgan fingerprint density at radius 3 is 2.38 bits per heavy atom. The molecule has 336 valence electrons. The van der Waals surface area contributed by atoms with E-state index in [2.05, 4.69) is 25.8 Å². The standard InChI is InChI=1S/C48H54N6O10/c1-53(24-21-49-27-40(56)36-15-17-39(55)45-37(36)16-18-42(57)51-45)43(58)26-38(47(60)62-2)50-46(59)33-13-11-30(12-14-33)29-63-35-10-6-9-34(25-35)44(32-7-4-3-5-8-32)52-48(61)64-41-28-54-22-19-31(41)20-23-54/h3-18,25,31,38,40-41,44,49,55-56H,19-24,26-29H2,1-2H3,(H,50,59)(H,51,57)(H,52,61)/t38?,40-,41+,44?/m1/s1. The number of aliphatic hydroxyl groups excluding tert-OH is 1. The van der Waals surface area contributed by atoms with Crippen LogP contribution in [0.5, 0.6) is 11.5 Å². The number of aromatic nitrogens is 1. The van der Waals surface area contributed by atoms with Crippen molar-refractivity contribution in [2.75, 3.05) is 53.4 Å². The number of carbonyl (C=O) groups excluding carboxylic acids is 4. The maximum atomic E-state index is 13.3. The number of aromatic amines is 1. The van der Waals surface area contributed by atoms with Crippen LogP contribution in [0.2, 0.25) is 0 Å². The average Bonchev–Trinajstić information content (AvgIpc) is 3.32. The number of rotatable bonds is 18. The zero-order chi connectivity index (χ0) is 45.2. The van der Waals surface area contributed by atoms with E-state index in [1.807, 2.05) is 54.6 Å². The smallest absolute Gasteiger partial charge is 0.408 e. The van der Waals surface area contributed by atoms with E-state index in [0.29, 0.717) is 29.2 Å². The number of amides is 3. The molecule has 1 aromatic heterocycles. The van der Waals surface area contributed by atoms with Crippen LogP contribution in [-0.4, -0.2) is 114 Å². The number of nitrogens with zero attached hydrogens (tertiary/aromatic N) is 2. The number of hydrogen-bond donors (Lipinski definition) is 6. The largest absolute Gasteiger partial charge is 0.506 e. The molecule has 4 atom stereocenters. The third kappa shape index (κ3) is 11.4. The number of benzene rings is 4. The molecule has 8 rings (SSSR count). The Hall–Kier alpha value is -6.75. The Morgan fingerprint density at radius 2 is 1.66 bits per heavy atom. The lowest BCUT2D eigenvalue weighted by atomic mass is 9.86. The molecule has 3 aliphatic rings. The molecule has 3 fully saturated rings. The lowest BCUT2D eigenvalue weighted by Gasteiger charge is -2.43. The van der Waals surface area contributed by atoms with Gasteiger partial charge in [0.2, 0.25) is 11.5 Å². The fourth-order valence-electron chi connectivity index (χ4n) is 8.22. The number of aliphatic hydroxyl groups is 1. The predicted octanol–water partition coefficient (Wildman–Crippen LogP) is 4.17. The molecular formula is C48H54N6O10. The van der Waals surface area contributed by atoms with Crippen molar-refractivity contribution in [3.63, 3.8) is 0 Å². The molecule has 6 N–H and O–H groups in total. The van der Waals surface area contributed by atoms with Crippen molar-refractivity contribution in [1.82, 2.24) is 30.7 Å². The Labute approximate surface area is 370 Å². The highest BCUT2D eigenvalue weighted by molar-refractivity contribution is 5.98. The number of phenols is 1. The fourth-order valence-corrected chi connectivity index (χ4v) is 8.22. The number of fused-ring (bicyclic) bond motifs is 4. The van der Waals surface area contributed by atoms with E-state index in [9.17, 15) is 34.2 Å². The van der Waals surface area contributed by atoms with E-state index in [-0.39, 0.29) is 54.6 Å². The van der Waals surface area contributed by atoms with Crippen LogP contribution in [0.1, 0.15) is 64.0 Å². The maximum Gasteiger partial charge on any atom is 0.408 e. The number of pyridine rings is 1. The van der Waals surface area contributed by atoms with Gasteiger partial charge in [-0.3, -0.25) is 19.3 Å². The van der Waals surface area contributed by atoms with E-state index < -0.39 is 42.1 Å². The number of carbonyl (C=O) groups is 4. The van der Waals surface area contributed by atoms with Crippen LogP contribution in [-0.2, 0) is 25.7 Å². The minimum atomic E-state index is -1.25. The van der Waals surface area contributed by atoms with E-state index in [1.54, 1.807) is 37.4 Å². The van der Waals surface area contributed by atoms with E-state index in [4.69, 9.17) is 14.2 Å². The Kier molecular flexibility index (Phi) is 14.9. The normalized spacial score (nSPS) is 18.0. The van der Waals surface area contributed by atoms with Crippen LogP contribution in [0.25, 0.3) is 10.9 Å². The summed E-state index contributed by atoms with van der Waals surface area (Å²) in [5, 5.41) is 30.3. The number of phenolic OH excluding ortho intramolecular Hbond substituents is 1. The Bertz CT molecular complexity index is 2470. The summed E-state index contributed by atoms with van der Waals surface area (Å²) in [5.41, 5.74) is 3.10. The lowest BCUT2D eigenvalue weighted by Crippen LogP contribution is -2.52. The van der Waals surface area contributed by atoms with Gasteiger partial charge in [0, 0.05) is 50.2 Å². The number of hydrogen-bond acceptors (Lipinski definition) is 12. The van der Waals surface area contributed by atoms with Gasteiger partial charge in [-0.15, -0.1) is 0 Å². The van der Waals surface area contributed by atoms with Gasteiger partial charge >= 0.3 is 12.1 Å². The summed E-state index contributed by atoms with van der Waals surface area (Å²) in [6.07, 6.45) is 0.178. The average molecular weight is 875 g/mol. The van der Waals surface area contributed by atoms with Crippen molar-refractivity contribution in [3.8, 4) is 11.5 Å². The maximum absolute atomic E-state index is 13.3. The van der Waals surface area contributed by atoms with Crippen molar-refractivity contribution in [2.24, 2.45) is 5.92 Å². The van der Waals surface area contributed by atoms with Crippen LogP contribution < -0.4 is 26.2 Å². The monoisotopic (exact) mass is 874 g/mol. The molecule has 3 aliphatic heterocycles. The van der Waals surface area contributed by atoms with Gasteiger partial charge in [0.15, 0.2) is 0 Å². The second-order valence-corrected chi connectivity index (χ2v) is 16.2. The molecule has 0 spiro atoms. The fraction of sp³-hybridized carbons (Fsp3) is 0.354. The molecule has 2 unspecified atom stereocenters. The van der Waals surface area contributed by atoms with Crippen LogP contribution in [0.15, 0.2) is 108 Å². The predicted molar refractivity (Wildman–Crippen MR) is 238 cm³/mol. The number of piperidine rings is 3. The molecular weight excluding hydrogens is 821 g/mol. The molecule has 3 saturated heterocycles. The number of ether oxygens (including phenoxy) is 3. The number of aromatic hydroxyl groups is 1. The third-order valence-electron chi connectivity index (χ3n) is 11.9. The molecule has 4 heterocycles. The van der Waals surface area contributed by atoms with Crippen LogP contribution in [0.4, 0.5) is 4.79 Å². The minimum absolute atomic E-state index is 0.111. The van der Waals surface area contributed by atoms with Crippen LogP contribution >= 0.6 is 0 Å². The zero-order valence-corrected chi connectivity index (χ0v) is 35.8. The SMILES string of the molecule is COC(=O)C(CC(=O)N(C)CCNC[C@@H](O)c1ccc(O)c2[nH]c(=O)ccc12)NC(=O)c1ccc(COc2cccc(C(NC(=O)O[C@H]3CN4CCC3CC4)c3ccccc3)c2)cc1. The highest BCUT2D eigenvalue weighted by Crippen LogP contribution is 2.31. The molecule has 4 aromatic carbocycles. The third-order valence-corrected chi connectivity index (χ3v) is 11.9. The Morgan fingerprint density at radius 1 is 0.906 bits per heavy atom. The number of likely N-dealkylation sites (N-methyl/N-ethyl adjacent to an activating group) is 1. The molecule has 0 saturated carbocycles. The topological polar surface area (TPSA) is 212 Å². The van der Waals surface area contributed by atoms with Crippen molar-refractivity contribution in [1.29, 1.82) is 0 Å². The first-order chi connectivity index (χ1) is 30.9. The van der Waals surface area contributed by atoms with E-state index >= 15 is 0 Å². The molecule has 16 nitrogen and oxygen atoms in total. The summed E-state index contributed by atoms with van der Waals surface area (Å²) < 4.78 is 17.0. The van der Waals surface area contributed by atoms with Gasteiger partial charge in [0.1, 0.15) is 30.3 Å². The molecule has 0 radical (unpaired) electrons. The molecule has 5 aromatic rings. The summed E-state index contributed by atoms with van der Waals surface area (Å²) in [6.45, 7) is 3.70. The van der Waals surface area contributed by atoms with Gasteiger partial charge in [0.05, 0.1) is 31.2 Å². The quantitative estimate of drug-likeness (QED) is 0.0542. The van der Waals surface area contributed by atoms with Crippen LogP contribution in [0.3, 0.4) is 0 Å². The highest BCUT2D eigenvalue weighted by Gasteiger charge is 2.37. The molecule has 2 bridgehead atoms. The first-order valence-electron chi connectivity index (χ1n) is 21.4. The number of alkyl carbamates (subject to hydrolysis) is 1. The summed E-state index contributed by atoms with van der Waals surface area (Å²) >= 11 is 0. The molecule has 0 aliphatic carbocycles. The van der Waals surface area contributed by atoms with Gasteiger partial charge in [-0.1, -0.05) is 60.7 Å². The van der Waals surface area contributed by atoms with Gasteiger partial charge in [-0.2, -0.15) is 0 Å². The van der Waals surface area contributed by atoms with Crippen molar-refractivity contribution in [2.45, 2.75) is 50.2 Å². The van der Waals surface area contributed by atoms with Gasteiger partial charge in [0.25, 0.3) is 5.91 Å². The van der Waals surface area contributed by atoms with Crippen molar-refractivity contribution >= 4 is 34.8 Å². The summed E-state index contributed by atoms with van der Waals surface area (Å²) in [6, 6.07) is 28.0. The number of esters is 1. The van der Waals surface area contributed by atoms with Crippen molar-refractivity contribution in [3.05, 3.63) is 141 Å². The first kappa shape index (κ1) is 45.3. The molecule has 16 heteroatoms. The minimum Gasteiger partial charge on any atom is -0.506 e. The van der Waals surface area contributed by atoms with Crippen LogP contribution in [0, 0.1) is 5.92 Å². The highest BCUT2D eigenvalue weighted by atomic mass is 16.6. The van der Waals surface area contributed by atoms with Gasteiger partial charge in [-0.25, -0.2) is 9.59 Å². The Balaban J connectivity index is 0.890. The summed E-state index contributed by atoms with van der Waals surface area (Å²) in [7, 11) is 2.74. The molecule has 3 amide bonds. The summed E-state index contributed by atoms with van der Waals surface area (Å²) in [5.74, 6) is -0.905.